The van der Waals surface area contributed by atoms with Crippen molar-refractivity contribution >= 4 is 21.4 Å². The Morgan fingerprint density at radius 1 is 1.00 bits per heavy atom. The van der Waals surface area contributed by atoms with Gasteiger partial charge in [0.25, 0.3) is 0 Å². The second-order valence-corrected chi connectivity index (χ2v) is 5.73. The standard InChI is InChI=1S/C17H17NS/c1-12-7-9-13(10-8-12)17(18-2)15-11-19-16-6-4-3-5-14(15)16/h3-11,17-18H,1-2H3. The lowest BCUT2D eigenvalue weighted by Gasteiger charge is -2.16. The molecule has 0 saturated carbocycles. The van der Waals surface area contributed by atoms with Crippen LogP contribution in [0.3, 0.4) is 0 Å². The summed E-state index contributed by atoms with van der Waals surface area (Å²) in [6.45, 7) is 2.12. The molecule has 3 aromatic rings. The molecular weight excluding hydrogens is 250 g/mol. The predicted molar refractivity (Wildman–Crippen MR) is 83.9 cm³/mol. The van der Waals surface area contributed by atoms with Crippen LogP contribution in [0.1, 0.15) is 22.7 Å². The number of hydrogen-bond acceptors (Lipinski definition) is 2. The van der Waals surface area contributed by atoms with Crippen LogP contribution >= 0.6 is 11.3 Å². The zero-order chi connectivity index (χ0) is 13.2. The summed E-state index contributed by atoms with van der Waals surface area (Å²) in [4.78, 5) is 0. The lowest BCUT2D eigenvalue weighted by atomic mass is 9.97. The molecule has 0 saturated heterocycles. The molecule has 0 amide bonds. The Kier molecular flexibility index (Phi) is 3.36. The Hall–Kier alpha value is -1.64. The van der Waals surface area contributed by atoms with Gasteiger partial charge in [0, 0.05) is 4.70 Å². The van der Waals surface area contributed by atoms with Gasteiger partial charge in [-0.3, -0.25) is 0 Å². The molecule has 2 aromatic carbocycles. The SMILES string of the molecule is CNC(c1ccc(C)cc1)c1csc2ccccc12. The summed E-state index contributed by atoms with van der Waals surface area (Å²) in [5, 5.41) is 7.06. The average Bonchev–Trinajstić information content (AvgIpc) is 2.86. The van der Waals surface area contributed by atoms with Crippen LogP contribution in [0.25, 0.3) is 10.1 Å². The van der Waals surface area contributed by atoms with E-state index in [-0.39, 0.29) is 6.04 Å². The van der Waals surface area contributed by atoms with E-state index >= 15 is 0 Å². The normalized spacial score (nSPS) is 12.7. The number of hydrogen-bond donors (Lipinski definition) is 1. The highest BCUT2D eigenvalue weighted by molar-refractivity contribution is 7.17. The Balaban J connectivity index is 2.09. The molecule has 1 heterocycles. The smallest absolute Gasteiger partial charge is 0.0588 e. The molecule has 96 valence electrons. The molecule has 1 unspecified atom stereocenters. The van der Waals surface area contributed by atoms with Crippen molar-refractivity contribution in [2.24, 2.45) is 0 Å². The van der Waals surface area contributed by atoms with Gasteiger partial charge in [-0.25, -0.2) is 0 Å². The second-order valence-electron chi connectivity index (χ2n) is 4.82. The molecule has 0 aliphatic carbocycles. The van der Waals surface area contributed by atoms with Gasteiger partial charge in [0.2, 0.25) is 0 Å². The fourth-order valence-electron chi connectivity index (χ4n) is 2.48. The van der Waals surface area contributed by atoms with E-state index in [1.807, 2.05) is 18.4 Å². The van der Waals surface area contributed by atoms with Crippen molar-refractivity contribution in [1.29, 1.82) is 0 Å². The molecule has 0 aliphatic heterocycles. The largest absolute Gasteiger partial charge is 0.309 e. The van der Waals surface area contributed by atoms with E-state index in [0.717, 1.165) is 0 Å². The highest BCUT2D eigenvalue weighted by atomic mass is 32.1. The lowest BCUT2D eigenvalue weighted by molar-refractivity contribution is 0.698. The number of aryl methyl sites for hydroxylation is 1. The minimum absolute atomic E-state index is 0.261. The van der Waals surface area contributed by atoms with E-state index in [4.69, 9.17) is 0 Å². The Morgan fingerprint density at radius 3 is 2.47 bits per heavy atom. The number of fused-ring (bicyclic) bond motifs is 1. The van der Waals surface area contributed by atoms with E-state index in [2.05, 4.69) is 66.2 Å². The van der Waals surface area contributed by atoms with Crippen LogP contribution in [0.4, 0.5) is 0 Å². The number of rotatable bonds is 3. The highest BCUT2D eigenvalue weighted by Gasteiger charge is 2.15. The summed E-state index contributed by atoms with van der Waals surface area (Å²) >= 11 is 1.82. The molecule has 0 aliphatic rings. The third-order valence-electron chi connectivity index (χ3n) is 3.52. The second kappa shape index (κ2) is 5.16. The van der Waals surface area contributed by atoms with Gasteiger partial charge in [-0.1, -0.05) is 48.0 Å². The number of thiophene rings is 1. The van der Waals surface area contributed by atoms with Crippen LogP contribution in [0.15, 0.2) is 53.9 Å². The van der Waals surface area contributed by atoms with Gasteiger partial charge in [0.15, 0.2) is 0 Å². The quantitative estimate of drug-likeness (QED) is 0.735. The molecule has 1 aromatic heterocycles. The molecule has 0 radical (unpaired) electrons. The maximum absolute atomic E-state index is 3.44. The molecule has 3 rings (SSSR count). The summed E-state index contributed by atoms with van der Waals surface area (Å²) < 4.78 is 1.35. The Morgan fingerprint density at radius 2 is 1.74 bits per heavy atom. The molecule has 1 N–H and O–H groups in total. The van der Waals surface area contributed by atoms with Crippen LogP contribution in [0.5, 0.6) is 0 Å². The first-order chi connectivity index (χ1) is 9.29. The minimum Gasteiger partial charge on any atom is -0.309 e. The van der Waals surface area contributed by atoms with Gasteiger partial charge in [0.05, 0.1) is 6.04 Å². The minimum atomic E-state index is 0.261. The van der Waals surface area contributed by atoms with E-state index < -0.39 is 0 Å². The zero-order valence-corrected chi connectivity index (χ0v) is 12.0. The molecule has 1 nitrogen and oxygen atoms in total. The van der Waals surface area contributed by atoms with Crippen molar-refractivity contribution in [2.75, 3.05) is 7.05 Å². The fourth-order valence-corrected chi connectivity index (χ4v) is 3.47. The van der Waals surface area contributed by atoms with Gasteiger partial charge in [0.1, 0.15) is 0 Å². The van der Waals surface area contributed by atoms with Crippen LogP contribution in [-0.2, 0) is 0 Å². The van der Waals surface area contributed by atoms with Crippen LogP contribution in [-0.4, -0.2) is 7.05 Å². The van der Waals surface area contributed by atoms with Crippen molar-refractivity contribution < 1.29 is 0 Å². The summed E-state index contributed by atoms with van der Waals surface area (Å²) in [6, 6.07) is 17.6. The molecule has 19 heavy (non-hydrogen) atoms. The topological polar surface area (TPSA) is 12.0 Å². The first-order valence-corrected chi connectivity index (χ1v) is 7.37. The van der Waals surface area contributed by atoms with Gasteiger partial charge < -0.3 is 5.32 Å². The fraction of sp³-hybridized carbons (Fsp3) is 0.176. The third kappa shape index (κ3) is 2.29. The van der Waals surface area contributed by atoms with Crippen molar-refractivity contribution in [3.05, 3.63) is 70.6 Å². The first-order valence-electron chi connectivity index (χ1n) is 6.49. The lowest BCUT2D eigenvalue weighted by Crippen LogP contribution is -2.17. The Bertz CT molecular complexity index is 682. The van der Waals surface area contributed by atoms with Crippen molar-refractivity contribution in [1.82, 2.24) is 5.32 Å². The summed E-state index contributed by atoms with van der Waals surface area (Å²) in [6.07, 6.45) is 0. The Labute approximate surface area is 117 Å². The van der Waals surface area contributed by atoms with Crippen molar-refractivity contribution in [2.45, 2.75) is 13.0 Å². The van der Waals surface area contributed by atoms with Gasteiger partial charge in [-0.05, 0) is 41.9 Å². The van der Waals surface area contributed by atoms with Gasteiger partial charge in [-0.2, -0.15) is 0 Å². The predicted octanol–water partition coefficient (Wildman–Crippen LogP) is 4.52. The van der Waals surface area contributed by atoms with Crippen molar-refractivity contribution in [3.8, 4) is 0 Å². The summed E-state index contributed by atoms with van der Waals surface area (Å²) in [5.74, 6) is 0. The molecule has 0 bridgehead atoms. The maximum Gasteiger partial charge on any atom is 0.0588 e. The first kappa shape index (κ1) is 12.4. The van der Waals surface area contributed by atoms with E-state index in [0.29, 0.717) is 0 Å². The van der Waals surface area contributed by atoms with Gasteiger partial charge >= 0.3 is 0 Å². The van der Waals surface area contributed by atoms with Crippen LogP contribution < -0.4 is 5.32 Å². The van der Waals surface area contributed by atoms with E-state index in [1.54, 1.807) is 0 Å². The molecule has 2 heteroatoms. The third-order valence-corrected chi connectivity index (χ3v) is 4.50. The van der Waals surface area contributed by atoms with Crippen molar-refractivity contribution in [3.63, 3.8) is 0 Å². The molecule has 0 spiro atoms. The summed E-state index contributed by atoms with van der Waals surface area (Å²) in [5.41, 5.74) is 3.98. The molecule has 0 fully saturated rings. The van der Waals surface area contributed by atoms with E-state index in [9.17, 15) is 0 Å². The van der Waals surface area contributed by atoms with Gasteiger partial charge in [-0.15, -0.1) is 11.3 Å². The highest BCUT2D eigenvalue weighted by Crippen LogP contribution is 2.33. The zero-order valence-electron chi connectivity index (χ0n) is 11.2. The maximum atomic E-state index is 3.44. The van der Waals surface area contributed by atoms with E-state index in [1.165, 1.54) is 26.8 Å². The summed E-state index contributed by atoms with van der Waals surface area (Å²) in [7, 11) is 2.02. The molecular formula is C17H17NS. The van der Waals surface area contributed by atoms with Crippen LogP contribution in [0.2, 0.25) is 0 Å². The number of benzene rings is 2. The van der Waals surface area contributed by atoms with Crippen LogP contribution in [0, 0.1) is 6.92 Å². The average molecular weight is 267 g/mol. The monoisotopic (exact) mass is 267 g/mol. The number of nitrogens with one attached hydrogen (secondary N) is 1. The molecule has 1 atom stereocenters.